The first kappa shape index (κ1) is 32.3. The van der Waals surface area contributed by atoms with E-state index >= 15 is 0 Å². The molecule has 0 bridgehead atoms. The number of para-hydroxylation sites is 1. The minimum absolute atomic E-state index is 0.00827. The van der Waals surface area contributed by atoms with Crippen LogP contribution in [0.25, 0.3) is 0 Å². The summed E-state index contributed by atoms with van der Waals surface area (Å²) in [5.74, 6) is -0.316. The SMILES string of the molecule is CC(C)(C)[Si](C)(C)OC[C@H]1O[C@H](C2C=CC(=NCc3ccccc3[N+](=O)[O-])NC2=O)CC1O[Si](C)(C)C(C)(C)C. The zero-order chi connectivity index (χ0) is 30.1. The van der Waals surface area contributed by atoms with Gasteiger partial charge >= 0.3 is 0 Å². The lowest BCUT2D eigenvalue weighted by atomic mass is 9.95. The number of rotatable bonds is 9. The van der Waals surface area contributed by atoms with E-state index in [1.165, 1.54) is 6.07 Å². The van der Waals surface area contributed by atoms with E-state index in [9.17, 15) is 14.9 Å². The second kappa shape index (κ2) is 12.0. The van der Waals surface area contributed by atoms with E-state index in [2.05, 4.69) is 78.0 Å². The number of nitro groups is 1. The predicted molar refractivity (Wildman–Crippen MR) is 164 cm³/mol. The van der Waals surface area contributed by atoms with Crippen molar-refractivity contribution in [2.75, 3.05) is 6.61 Å². The van der Waals surface area contributed by atoms with Gasteiger partial charge in [-0.25, -0.2) is 0 Å². The summed E-state index contributed by atoms with van der Waals surface area (Å²) in [6.45, 7) is 22.8. The van der Waals surface area contributed by atoms with E-state index in [0.29, 0.717) is 24.4 Å². The number of nitro benzene ring substituents is 1. The molecule has 2 aliphatic heterocycles. The van der Waals surface area contributed by atoms with Crippen molar-refractivity contribution < 1.29 is 23.3 Å². The van der Waals surface area contributed by atoms with Gasteiger partial charge in [0.05, 0.1) is 41.8 Å². The Balaban J connectivity index is 1.76. The van der Waals surface area contributed by atoms with Gasteiger partial charge < -0.3 is 18.9 Å². The van der Waals surface area contributed by atoms with Crippen LogP contribution in [-0.2, 0) is 24.9 Å². The molecule has 1 amide bonds. The summed E-state index contributed by atoms with van der Waals surface area (Å²) in [5.41, 5.74) is 0.494. The van der Waals surface area contributed by atoms with Crippen molar-refractivity contribution in [1.29, 1.82) is 0 Å². The number of nitrogens with one attached hydrogen (secondary N) is 1. The third kappa shape index (κ3) is 7.55. The molecule has 2 unspecified atom stereocenters. The molecule has 1 saturated heterocycles. The molecule has 0 spiro atoms. The lowest BCUT2D eigenvalue weighted by Gasteiger charge is -2.40. The first-order valence-electron chi connectivity index (χ1n) is 14.1. The van der Waals surface area contributed by atoms with E-state index < -0.39 is 27.5 Å². The number of carbonyl (C=O) groups excluding carboxylic acids is 1. The van der Waals surface area contributed by atoms with Crippen LogP contribution in [0, 0.1) is 16.0 Å². The van der Waals surface area contributed by atoms with E-state index in [1.807, 2.05) is 6.08 Å². The van der Waals surface area contributed by atoms with Gasteiger partial charge in [-0.05, 0) is 42.3 Å². The van der Waals surface area contributed by atoms with Crippen molar-refractivity contribution >= 4 is 34.1 Å². The van der Waals surface area contributed by atoms with Crippen LogP contribution in [0.5, 0.6) is 0 Å². The molecule has 222 valence electrons. The highest BCUT2D eigenvalue weighted by Crippen LogP contribution is 2.42. The molecule has 1 fully saturated rings. The van der Waals surface area contributed by atoms with Crippen molar-refractivity contribution in [1.82, 2.24) is 5.32 Å². The van der Waals surface area contributed by atoms with Gasteiger partial charge in [-0.3, -0.25) is 19.9 Å². The maximum atomic E-state index is 13.2. The van der Waals surface area contributed by atoms with Gasteiger partial charge in [-0.2, -0.15) is 0 Å². The lowest BCUT2D eigenvalue weighted by molar-refractivity contribution is -0.385. The summed E-state index contributed by atoms with van der Waals surface area (Å²) in [6, 6.07) is 6.47. The highest BCUT2D eigenvalue weighted by molar-refractivity contribution is 6.74. The molecule has 4 atom stereocenters. The summed E-state index contributed by atoms with van der Waals surface area (Å²) in [5, 5.41) is 14.3. The van der Waals surface area contributed by atoms with E-state index in [1.54, 1.807) is 24.3 Å². The monoisotopic (exact) mass is 589 g/mol. The molecule has 0 radical (unpaired) electrons. The topological polar surface area (TPSA) is 112 Å². The van der Waals surface area contributed by atoms with Gasteiger partial charge in [0.1, 0.15) is 11.9 Å². The first-order valence-corrected chi connectivity index (χ1v) is 19.9. The number of amidine groups is 1. The lowest BCUT2D eigenvalue weighted by Crippen LogP contribution is -2.48. The smallest absolute Gasteiger partial charge is 0.274 e. The minimum Gasteiger partial charge on any atom is -0.414 e. The largest absolute Gasteiger partial charge is 0.414 e. The molecule has 3 rings (SSSR count). The van der Waals surface area contributed by atoms with Crippen LogP contribution in [0.4, 0.5) is 5.69 Å². The maximum absolute atomic E-state index is 13.2. The summed E-state index contributed by atoms with van der Waals surface area (Å²) in [4.78, 5) is 28.5. The van der Waals surface area contributed by atoms with Gasteiger partial charge in [-0.15, -0.1) is 0 Å². The van der Waals surface area contributed by atoms with Gasteiger partial charge in [0.25, 0.3) is 5.69 Å². The molecular weight excluding hydrogens is 543 g/mol. The van der Waals surface area contributed by atoms with E-state index in [-0.39, 0.29) is 46.5 Å². The van der Waals surface area contributed by atoms with Crippen LogP contribution >= 0.6 is 0 Å². The highest BCUT2D eigenvalue weighted by atomic mass is 28.4. The number of nitrogens with zero attached hydrogens (tertiary/aromatic N) is 2. The Morgan fingerprint density at radius 2 is 1.70 bits per heavy atom. The molecule has 1 N–H and O–H groups in total. The molecule has 1 aromatic carbocycles. The van der Waals surface area contributed by atoms with Crippen LogP contribution < -0.4 is 5.32 Å². The Hall–Kier alpha value is -2.19. The number of amides is 1. The molecule has 9 nitrogen and oxygen atoms in total. The first-order chi connectivity index (χ1) is 18.3. The third-order valence-corrected chi connectivity index (χ3v) is 17.9. The predicted octanol–water partition coefficient (Wildman–Crippen LogP) is 6.37. The number of hydrogen-bond acceptors (Lipinski definition) is 7. The molecule has 11 heteroatoms. The van der Waals surface area contributed by atoms with Crippen molar-refractivity contribution in [3.8, 4) is 0 Å². The summed E-state index contributed by atoms with van der Waals surface area (Å²) in [7, 11) is -4.10. The summed E-state index contributed by atoms with van der Waals surface area (Å²) < 4.78 is 19.9. The standard InChI is InChI=1S/C29H47N3O6Si2/c1-28(2,3)39(7,8)36-19-25-24(38-40(9,10)29(4,5)6)17-23(37-25)21-15-16-26(31-27(21)33)30-18-20-13-11-12-14-22(20)32(34)35/h11-16,21,23-25H,17-19H2,1-10H3,(H,30,31,33)/t21?,23-,24?,25+/m0/s1. The molecule has 0 saturated carbocycles. The Kier molecular flexibility index (Phi) is 9.67. The maximum Gasteiger partial charge on any atom is 0.274 e. The average Bonchev–Trinajstić information content (AvgIpc) is 3.21. The van der Waals surface area contributed by atoms with Crippen molar-refractivity contribution in [2.45, 2.75) is 109 Å². The number of carbonyl (C=O) groups is 1. The van der Waals surface area contributed by atoms with Crippen LogP contribution in [0.2, 0.25) is 36.3 Å². The number of hydrogen-bond donors (Lipinski definition) is 1. The fraction of sp³-hybridized carbons (Fsp3) is 0.655. The van der Waals surface area contributed by atoms with Crippen LogP contribution in [0.1, 0.15) is 53.5 Å². The molecule has 1 aromatic rings. The van der Waals surface area contributed by atoms with Crippen molar-refractivity contribution in [2.24, 2.45) is 10.9 Å². The normalized spacial score (nSPS) is 25.4. The van der Waals surface area contributed by atoms with Crippen molar-refractivity contribution in [3.63, 3.8) is 0 Å². The molecular formula is C29H47N3O6Si2. The van der Waals surface area contributed by atoms with Gasteiger partial charge in [-0.1, -0.05) is 65.8 Å². The second-order valence-corrected chi connectivity index (χ2v) is 23.5. The average molecular weight is 590 g/mol. The molecule has 0 aliphatic carbocycles. The van der Waals surface area contributed by atoms with E-state index in [4.69, 9.17) is 13.6 Å². The minimum atomic E-state index is -2.10. The number of ether oxygens (including phenoxy) is 1. The van der Waals surface area contributed by atoms with E-state index in [0.717, 1.165) is 0 Å². The Morgan fingerprint density at radius 3 is 2.27 bits per heavy atom. The van der Waals surface area contributed by atoms with Crippen molar-refractivity contribution in [3.05, 3.63) is 52.1 Å². The summed E-state index contributed by atoms with van der Waals surface area (Å²) >= 11 is 0. The Morgan fingerprint density at radius 1 is 1.07 bits per heavy atom. The van der Waals surface area contributed by atoms with Crippen LogP contribution in [0.3, 0.4) is 0 Å². The number of aliphatic imine (C=N–C) groups is 1. The second-order valence-electron chi connectivity index (χ2n) is 13.9. The molecule has 0 aromatic heterocycles. The van der Waals surface area contributed by atoms with Gasteiger partial charge in [0.15, 0.2) is 16.6 Å². The zero-order valence-corrected chi connectivity index (χ0v) is 27.7. The zero-order valence-electron chi connectivity index (χ0n) is 25.7. The highest BCUT2D eigenvalue weighted by Gasteiger charge is 2.48. The Bertz CT molecular complexity index is 1150. The number of benzene rings is 1. The fourth-order valence-corrected chi connectivity index (χ4v) is 6.60. The van der Waals surface area contributed by atoms with Crippen LogP contribution in [0.15, 0.2) is 41.4 Å². The Labute approximate surface area is 241 Å². The van der Waals surface area contributed by atoms with Gasteiger partial charge in [0, 0.05) is 12.5 Å². The quantitative estimate of drug-likeness (QED) is 0.204. The summed E-state index contributed by atoms with van der Waals surface area (Å²) in [6.07, 6.45) is 3.41. The van der Waals surface area contributed by atoms with Gasteiger partial charge in [0.2, 0.25) is 5.91 Å². The molecule has 2 heterocycles. The molecule has 40 heavy (non-hydrogen) atoms. The fourth-order valence-electron chi connectivity index (χ4n) is 4.22. The molecule has 2 aliphatic rings. The third-order valence-electron chi connectivity index (χ3n) is 8.92. The van der Waals surface area contributed by atoms with Crippen LogP contribution in [-0.4, -0.2) is 58.2 Å².